The molecule has 0 heterocycles. The van der Waals surface area contributed by atoms with Crippen LogP contribution in [0, 0.1) is 5.92 Å². The Morgan fingerprint density at radius 2 is 2.08 bits per heavy atom. The molecule has 0 amide bonds. The monoisotopic (exact) mass is 181 g/mol. The average Bonchev–Trinajstić information content (AvgIpc) is 2.11. The van der Waals surface area contributed by atoms with Crippen LogP contribution in [0.3, 0.4) is 0 Å². The summed E-state index contributed by atoms with van der Waals surface area (Å²) in [5.74, 6) is 0.818. The van der Waals surface area contributed by atoms with Crippen LogP contribution in [0.1, 0.15) is 58.8 Å². The molecule has 0 spiro atoms. The van der Waals surface area contributed by atoms with Gasteiger partial charge in [-0.05, 0) is 43.6 Å². The topological polar surface area (TPSA) is 26.0 Å². The van der Waals surface area contributed by atoms with Gasteiger partial charge in [0.2, 0.25) is 0 Å². The van der Waals surface area contributed by atoms with Crippen LogP contribution < -0.4 is 5.73 Å². The predicted molar refractivity (Wildman–Crippen MR) is 58.4 cm³/mol. The first-order chi connectivity index (χ1) is 6.29. The van der Waals surface area contributed by atoms with E-state index >= 15 is 0 Å². The molecule has 1 atom stereocenters. The van der Waals surface area contributed by atoms with Gasteiger partial charge in [0.05, 0.1) is 0 Å². The lowest BCUT2D eigenvalue weighted by molar-refractivity contribution is 0.444. The number of allylic oxidation sites excluding steroid dienone is 2. The van der Waals surface area contributed by atoms with E-state index in [1.54, 1.807) is 5.57 Å². The Balaban J connectivity index is 2.65. The molecule has 0 bridgehead atoms. The smallest absolute Gasteiger partial charge is 0.00752 e. The van der Waals surface area contributed by atoms with Gasteiger partial charge in [0.25, 0.3) is 0 Å². The molecule has 0 aromatic carbocycles. The van der Waals surface area contributed by atoms with Crippen molar-refractivity contribution in [2.45, 2.75) is 58.8 Å². The predicted octanol–water partition coefficient (Wildman–Crippen LogP) is 3.60. The zero-order chi connectivity index (χ0) is 9.68. The Morgan fingerprint density at radius 3 is 2.69 bits per heavy atom. The fourth-order valence-corrected chi connectivity index (χ4v) is 2.44. The van der Waals surface area contributed by atoms with Gasteiger partial charge in [0.1, 0.15) is 0 Å². The first-order valence-electron chi connectivity index (χ1n) is 5.77. The highest BCUT2D eigenvalue weighted by atomic mass is 14.6. The molecule has 1 aliphatic rings. The summed E-state index contributed by atoms with van der Waals surface area (Å²) in [6.07, 6.45) is 8.96. The minimum Gasteiger partial charge on any atom is -0.402 e. The second-order valence-corrected chi connectivity index (χ2v) is 4.18. The molecule has 13 heavy (non-hydrogen) atoms. The van der Waals surface area contributed by atoms with Gasteiger partial charge < -0.3 is 5.73 Å². The molecule has 1 heteroatoms. The van der Waals surface area contributed by atoms with Gasteiger partial charge in [-0.1, -0.05) is 26.7 Å². The van der Waals surface area contributed by atoms with E-state index in [0.29, 0.717) is 0 Å². The van der Waals surface area contributed by atoms with Crippen LogP contribution in [0.25, 0.3) is 0 Å². The van der Waals surface area contributed by atoms with Crippen LogP contribution in [0.5, 0.6) is 0 Å². The number of nitrogens with two attached hydrogens (primary N) is 1. The van der Waals surface area contributed by atoms with Crippen LogP contribution in [-0.4, -0.2) is 0 Å². The zero-order valence-corrected chi connectivity index (χ0v) is 9.10. The van der Waals surface area contributed by atoms with Crippen molar-refractivity contribution in [1.82, 2.24) is 0 Å². The van der Waals surface area contributed by atoms with Crippen molar-refractivity contribution in [2.75, 3.05) is 0 Å². The molecule has 76 valence electrons. The number of rotatable bonds is 4. The fraction of sp³-hybridized carbons (Fsp3) is 0.833. The molecular formula is C12H23N. The third kappa shape index (κ3) is 2.75. The maximum Gasteiger partial charge on any atom is 0.00752 e. The van der Waals surface area contributed by atoms with Crippen molar-refractivity contribution < 1.29 is 0 Å². The van der Waals surface area contributed by atoms with Crippen LogP contribution in [-0.2, 0) is 0 Å². The lowest BCUT2D eigenvalue weighted by Gasteiger charge is -2.26. The summed E-state index contributed by atoms with van der Waals surface area (Å²) in [5, 5.41) is 0. The normalized spacial score (nSPS) is 23.7. The van der Waals surface area contributed by atoms with E-state index in [-0.39, 0.29) is 0 Å². The van der Waals surface area contributed by atoms with Crippen LogP contribution >= 0.6 is 0 Å². The maximum absolute atomic E-state index is 6.07. The first kappa shape index (κ1) is 10.6. The first-order valence-corrected chi connectivity index (χ1v) is 5.77. The molecule has 2 N–H and O–H groups in total. The van der Waals surface area contributed by atoms with Crippen LogP contribution in [0.15, 0.2) is 11.3 Å². The third-order valence-electron chi connectivity index (χ3n) is 3.06. The molecule has 1 aliphatic carbocycles. The van der Waals surface area contributed by atoms with Crippen molar-refractivity contribution >= 4 is 0 Å². The number of hydrogen-bond acceptors (Lipinski definition) is 1. The Labute approximate surface area is 82.4 Å². The second-order valence-electron chi connectivity index (χ2n) is 4.18. The fourth-order valence-electron chi connectivity index (χ4n) is 2.44. The summed E-state index contributed by atoms with van der Waals surface area (Å²) in [7, 11) is 0. The molecule has 0 aliphatic heterocycles. The molecule has 0 radical (unpaired) electrons. The van der Waals surface area contributed by atoms with Gasteiger partial charge in [-0.25, -0.2) is 0 Å². The van der Waals surface area contributed by atoms with Crippen molar-refractivity contribution in [3.63, 3.8) is 0 Å². The van der Waals surface area contributed by atoms with Crippen LogP contribution in [0.4, 0.5) is 0 Å². The van der Waals surface area contributed by atoms with Gasteiger partial charge in [-0.2, -0.15) is 0 Å². The summed E-state index contributed by atoms with van der Waals surface area (Å²) >= 11 is 0. The Hall–Kier alpha value is -0.460. The van der Waals surface area contributed by atoms with Crippen molar-refractivity contribution in [2.24, 2.45) is 11.7 Å². The van der Waals surface area contributed by atoms with Gasteiger partial charge in [0, 0.05) is 5.70 Å². The summed E-state index contributed by atoms with van der Waals surface area (Å²) in [6.45, 7) is 4.52. The Morgan fingerprint density at radius 1 is 1.31 bits per heavy atom. The zero-order valence-electron chi connectivity index (χ0n) is 9.10. The lowest BCUT2D eigenvalue weighted by Crippen LogP contribution is -2.16. The number of hydrogen-bond donors (Lipinski definition) is 1. The third-order valence-corrected chi connectivity index (χ3v) is 3.06. The largest absolute Gasteiger partial charge is 0.402 e. The SMILES string of the molecule is CCCC1=C(N)CCCC1CCC. The average molecular weight is 181 g/mol. The lowest BCUT2D eigenvalue weighted by atomic mass is 9.81. The Kier molecular flexibility index (Phi) is 4.34. The van der Waals surface area contributed by atoms with Gasteiger partial charge in [-0.3, -0.25) is 0 Å². The van der Waals surface area contributed by atoms with E-state index in [2.05, 4.69) is 13.8 Å². The van der Waals surface area contributed by atoms with E-state index in [0.717, 1.165) is 12.3 Å². The molecule has 1 nitrogen and oxygen atoms in total. The molecule has 0 saturated heterocycles. The molecule has 0 aromatic rings. The van der Waals surface area contributed by atoms with E-state index in [4.69, 9.17) is 5.73 Å². The minimum absolute atomic E-state index is 0.818. The quantitative estimate of drug-likeness (QED) is 0.704. The van der Waals surface area contributed by atoms with E-state index in [1.165, 1.54) is 44.2 Å². The highest BCUT2D eigenvalue weighted by Crippen LogP contribution is 2.33. The minimum atomic E-state index is 0.818. The van der Waals surface area contributed by atoms with Gasteiger partial charge in [-0.15, -0.1) is 0 Å². The second kappa shape index (κ2) is 5.31. The van der Waals surface area contributed by atoms with Crippen molar-refractivity contribution in [1.29, 1.82) is 0 Å². The Bertz CT molecular complexity index is 182. The molecule has 0 saturated carbocycles. The van der Waals surface area contributed by atoms with E-state index in [1.807, 2.05) is 0 Å². The molecule has 0 fully saturated rings. The summed E-state index contributed by atoms with van der Waals surface area (Å²) in [6, 6.07) is 0. The summed E-state index contributed by atoms with van der Waals surface area (Å²) in [4.78, 5) is 0. The highest BCUT2D eigenvalue weighted by molar-refractivity contribution is 5.17. The van der Waals surface area contributed by atoms with Crippen molar-refractivity contribution in [3.8, 4) is 0 Å². The molecule has 0 aromatic heterocycles. The van der Waals surface area contributed by atoms with Gasteiger partial charge in [0.15, 0.2) is 0 Å². The van der Waals surface area contributed by atoms with E-state index in [9.17, 15) is 0 Å². The van der Waals surface area contributed by atoms with Crippen LogP contribution in [0.2, 0.25) is 0 Å². The molecular weight excluding hydrogens is 158 g/mol. The summed E-state index contributed by atoms with van der Waals surface area (Å²) in [5.41, 5.74) is 8.87. The van der Waals surface area contributed by atoms with E-state index < -0.39 is 0 Å². The maximum atomic E-state index is 6.07. The summed E-state index contributed by atoms with van der Waals surface area (Å²) < 4.78 is 0. The van der Waals surface area contributed by atoms with Crippen molar-refractivity contribution in [3.05, 3.63) is 11.3 Å². The molecule has 1 rings (SSSR count). The highest BCUT2D eigenvalue weighted by Gasteiger charge is 2.19. The standard InChI is InChI=1S/C12H23N/c1-3-6-10-8-5-9-12(13)11(10)7-4-2/h10H,3-9,13H2,1-2H3. The molecule has 1 unspecified atom stereocenters. The van der Waals surface area contributed by atoms with Gasteiger partial charge >= 0.3 is 0 Å².